The third-order valence-electron chi connectivity index (χ3n) is 2.09. The molecule has 2 aromatic rings. The van der Waals surface area contributed by atoms with E-state index in [1.54, 1.807) is 7.11 Å². The molecule has 4 N–H and O–H groups in total. The first kappa shape index (κ1) is 10.2. The van der Waals surface area contributed by atoms with Crippen molar-refractivity contribution < 1.29 is 4.74 Å². The van der Waals surface area contributed by atoms with Crippen LogP contribution in [0.5, 0.6) is 5.75 Å². The van der Waals surface area contributed by atoms with Crippen molar-refractivity contribution >= 4 is 11.8 Å². The van der Waals surface area contributed by atoms with Gasteiger partial charge in [0.2, 0.25) is 5.95 Å². The van der Waals surface area contributed by atoms with Crippen LogP contribution < -0.4 is 16.2 Å². The minimum Gasteiger partial charge on any atom is -0.497 e. The third-order valence-corrected chi connectivity index (χ3v) is 2.09. The highest BCUT2D eigenvalue weighted by Crippen LogP contribution is 2.23. The zero-order valence-electron chi connectivity index (χ0n) is 8.71. The Labute approximate surface area is 92.3 Å². The van der Waals surface area contributed by atoms with E-state index in [0.29, 0.717) is 5.69 Å². The number of nitrogen functional groups attached to an aromatic ring is 2. The molecule has 0 atom stereocenters. The molecule has 0 fully saturated rings. The smallest absolute Gasteiger partial charge is 0.242 e. The van der Waals surface area contributed by atoms with Crippen LogP contribution in [0, 0.1) is 0 Å². The highest BCUT2D eigenvalue weighted by atomic mass is 16.5. The number of anilines is 2. The molecule has 0 unspecified atom stereocenters. The monoisotopic (exact) mass is 217 g/mol. The molecule has 0 aliphatic heterocycles. The molecule has 6 heteroatoms. The first-order valence-electron chi connectivity index (χ1n) is 4.61. The molecule has 1 heterocycles. The molecule has 2 rings (SSSR count). The van der Waals surface area contributed by atoms with Crippen molar-refractivity contribution in [3.05, 3.63) is 24.3 Å². The molecular formula is C10H11N5O. The zero-order chi connectivity index (χ0) is 11.5. The van der Waals surface area contributed by atoms with Gasteiger partial charge in [-0.25, -0.2) is 0 Å². The molecular weight excluding hydrogens is 206 g/mol. The largest absolute Gasteiger partial charge is 0.497 e. The normalized spacial score (nSPS) is 10.1. The summed E-state index contributed by atoms with van der Waals surface area (Å²) in [7, 11) is 1.61. The summed E-state index contributed by atoms with van der Waals surface area (Å²) < 4.78 is 5.05. The van der Waals surface area contributed by atoms with E-state index in [-0.39, 0.29) is 11.8 Å². The van der Waals surface area contributed by atoms with E-state index >= 15 is 0 Å². The predicted octanol–water partition coefficient (Wildman–Crippen LogP) is 0.712. The second-order valence-electron chi connectivity index (χ2n) is 3.13. The summed E-state index contributed by atoms with van der Waals surface area (Å²) in [4.78, 5) is 3.84. The summed E-state index contributed by atoms with van der Waals surface area (Å²) in [5.74, 6) is 1.09. The number of hydrogen-bond acceptors (Lipinski definition) is 6. The van der Waals surface area contributed by atoms with Crippen molar-refractivity contribution in [3.8, 4) is 17.0 Å². The molecule has 0 aliphatic rings. The molecule has 0 radical (unpaired) electrons. The average Bonchev–Trinajstić information content (AvgIpc) is 2.29. The van der Waals surface area contributed by atoms with Gasteiger partial charge in [0.05, 0.1) is 7.11 Å². The van der Waals surface area contributed by atoms with E-state index in [0.717, 1.165) is 11.3 Å². The summed E-state index contributed by atoms with van der Waals surface area (Å²) >= 11 is 0. The second kappa shape index (κ2) is 4.01. The number of aromatic nitrogens is 3. The van der Waals surface area contributed by atoms with Gasteiger partial charge >= 0.3 is 0 Å². The maximum Gasteiger partial charge on any atom is 0.242 e. The van der Waals surface area contributed by atoms with Crippen LogP contribution in [0.1, 0.15) is 0 Å². The van der Waals surface area contributed by atoms with E-state index in [1.165, 1.54) is 0 Å². The SMILES string of the molecule is COc1ccc(-c2nnc(N)nc2N)cc1. The van der Waals surface area contributed by atoms with E-state index in [2.05, 4.69) is 15.2 Å². The summed E-state index contributed by atoms with van der Waals surface area (Å²) in [6.45, 7) is 0. The summed E-state index contributed by atoms with van der Waals surface area (Å²) in [5, 5.41) is 7.56. The maximum absolute atomic E-state index is 5.70. The van der Waals surface area contributed by atoms with Crippen molar-refractivity contribution in [2.75, 3.05) is 18.6 Å². The molecule has 0 saturated carbocycles. The Kier molecular flexibility index (Phi) is 2.55. The summed E-state index contributed by atoms with van der Waals surface area (Å²) in [6, 6.07) is 7.29. The van der Waals surface area contributed by atoms with Crippen LogP contribution in [-0.2, 0) is 0 Å². The number of rotatable bonds is 2. The molecule has 82 valence electrons. The molecule has 0 saturated heterocycles. The third kappa shape index (κ3) is 1.85. The van der Waals surface area contributed by atoms with Crippen LogP contribution in [0.3, 0.4) is 0 Å². The average molecular weight is 217 g/mol. The van der Waals surface area contributed by atoms with Gasteiger partial charge in [0.25, 0.3) is 0 Å². The van der Waals surface area contributed by atoms with Crippen molar-refractivity contribution in [1.29, 1.82) is 0 Å². The molecule has 6 nitrogen and oxygen atoms in total. The van der Waals surface area contributed by atoms with Crippen LogP contribution in [0.4, 0.5) is 11.8 Å². The maximum atomic E-state index is 5.70. The summed E-state index contributed by atoms with van der Waals surface area (Å²) in [6.07, 6.45) is 0. The van der Waals surface area contributed by atoms with Crippen molar-refractivity contribution in [2.24, 2.45) is 0 Å². The predicted molar refractivity (Wildman–Crippen MR) is 60.6 cm³/mol. The van der Waals surface area contributed by atoms with E-state index in [1.807, 2.05) is 24.3 Å². The Morgan fingerprint density at radius 1 is 1.06 bits per heavy atom. The molecule has 1 aromatic carbocycles. The Bertz CT molecular complexity index is 497. The lowest BCUT2D eigenvalue weighted by Gasteiger charge is -2.04. The number of nitrogens with zero attached hydrogens (tertiary/aromatic N) is 3. The fraction of sp³-hybridized carbons (Fsp3) is 0.100. The first-order chi connectivity index (χ1) is 7.70. The van der Waals surface area contributed by atoms with Crippen molar-refractivity contribution in [2.45, 2.75) is 0 Å². The Hall–Kier alpha value is -2.37. The van der Waals surface area contributed by atoms with Crippen molar-refractivity contribution in [3.63, 3.8) is 0 Å². The molecule has 1 aromatic heterocycles. The first-order valence-corrected chi connectivity index (χ1v) is 4.61. The molecule has 0 aliphatic carbocycles. The lowest BCUT2D eigenvalue weighted by Crippen LogP contribution is -2.04. The van der Waals surface area contributed by atoms with Gasteiger partial charge in [0, 0.05) is 5.56 Å². The fourth-order valence-corrected chi connectivity index (χ4v) is 1.31. The molecule has 16 heavy (non-hydrogen) atoms. The van der Waals surface area contributed by atoms with Gasteiger partial charge in [-0.1, -0.05) is 0 Å². The second-order valence-corrected chi connectivity index (χ2v) is 3.13. The lowest BCUT2D eigenvalue weighted by molar-refractivity contribution is 0.415. The van der Waals surface area contributed by atoms with Crippen LogP contribution in [0.25, 0.3) is 11.3 Å². The Morgan fingerprint density at radius 2 is 1.75 bits per heavy atom. The lowest BCUT2D eigenvalue weighted by atomic mass is 10.1. The van der Waals surface area contributed by atoms with Gasteiger partial charge < -0.3 is 16.2 Å². The van der Waals surface area contributed by atoms with Crippen molar-refractivity contribution in [1.82, 2.24) is 15.2 Å². The van der Waals surface area contributed by atoms with E-state index in [9.17, 15) is 0 Å². The van der Waals surface area contributed by atoms with Crippen LogP contribution in [-0.4, -0.2) is 22.3 Å². The molecule has 0 amide bonds. The minimum absolute atomic E-state index is 0.0646. The molecule has 0 spiro atoms. The standard InChI is InChI=1S/C10H11N5O/c1-16-7-4-2-6(3-5-7)8-9(11)13-10(12)15-14-8/h2-5H,1H3,(H4,11,12,13,15). The van der Waals surface area contributed by atoms with Gasteiger partial charge in [-0.05, 0) is 24.3 Å². The van der Waals surface area contributed by atoms with Gasteiger partial charge in [0.1, 0.15) is 11.4 Å². The quantitative estimate of drug-likeness (QED) is 0.768. The number of methoxy groups -OCH3 is 1. The zero-order valence-corrected chi connectivity index (χ0v) is 8.71. The number of ether oxygens (including phenoxy) is 1. The van der Waals surface area contributed by atoms with Gasteiger partial charge in [-0.3, -0.25) is 0 Å². The minimum atomic E-state index is 0.0646. The van der Waals surface area contributed by atoms with Gasteiger partial charge in [-0.15, -0.1) is 10.2 Å². The number of benzene rings is 1. The van der Waals surface area contributed by atoms with Gasteiger partial charge in [-0.2, -0.15) is 4.98 Å². The van der Waals surface area contributed by atoms with Crippen LogP contribution >= 0.6 is 0 Å². The topological polar surface area (TPSA) is 99.9 Å². The van der Waals surface area contributed by atoms with Gasteiger partial charge in [0.15, 0.2) is 5.82 Å². The van der Waals surface area contributed by atoms with E-state index < -0.39 is 0 Å². The Balaban J connectivity index is 2.42. The Morgan fingerprint density at radius 3 is 2.31 bits per heavy atom. The number of nitrogens with two attached hydrogens (primary N) is 2. The highest BCUT2D eigenvalue weighted by molar-refractivity contribution is 5.70. The molecule has 0 bridgehead atoms. The van der Waals surface area contributed by atoms with Crippen LogP contribution in [0.2, 0.25) is 0 Å². The fourth-order valence-electron chi connectivity index (χ4n) is 1.31. The van der Waals surface area contributed by atoms with E-state index in [4.69, 9.17) is 16.2 Å². The van der Waals surface area contributed by atoms with Crippen LogP contribution in [0.15, 0.2) is 24.3 Å². The highest BCUT2D eigenvalue weighted by Gasteiger charge is 2.07. The summed E-state index contributed by atoms with van der Waals surface area (Å²) in [5.41, 5.74) is 12.4. The number of hydrogen-bond donors (Lipinski definition) is 2.